The van der Waals surface area contributed by atoms with Gasteiger partial charge in [-0.15, -0.1) is 0 Å². The first-order valence-electron chi connectivity index (χ1n) is 7.20. The van der Waals surface area contributed by atoms with E-state index in [2.05, 4.69) is 28.7 Å². The fourth-order valence-corrected chi connectivity index (χ4v) is 2.32. The van der Waals surface area contributed by atoms with Gasteiger partial charge in [0.25, 0.3) is 0 Å². The Kier molecular flexibility index (Phi) is 6.10. The number of rotatable bonds is 2. The molecule has 2 heterocycles. The van der Waals surface area contributed by atoms with Crippen LogP contribution < -0.4 is 4.90 Å². The molecule has 0 saturated carbocycles. The van der Waals surface area contributed by atoms with Gasteiger partial charge in [0.2, 0.25) is 5.95 Å². The van der Waals surface area contributed by atoms with Gasteiger partial charge >= 0.3 is 0 Å². The summed E-state index contributed by atoms with van der Waals surface area (Å²) in [5, 5.41) is 0. The highest BCUT2D eigenvalue weighted by molar-refractivity contribution is 5.30. The van der Waals surface area contributed by atoms with Crippen LogP contribution >= 0.6 is 0 Å². The lowest BCUT2D eigenvalue weighted by molar-refractivity contribution is 0.310. The van der Waals surface area contributed by atoms with Crippen LogP contribution in [0.3, 0.4) is 0 Å². The molecule has 3 nitrogen and oxygen atoms in total. The van der Waals surface area contributed by atoms with Crippen molar-refractivity contribution >= 4 is 5.95 Å². The Bertz CT molecular complexity index is 324. The van der Waals surface area contributed by atoms with Crippen LogP contribution in [-0.2, 0) is 0 Å². The largest absolute Gasteiger partial charge is 0.341 e. The van der Waals surface area contributed by atoms with E-state index >= 15 is 0 Å². The van der Waals surface area contributed by atoms with E-state index in [9.17, 15) is 0 Å². The molecule has 0 radical (unpaired) electrons. The monoisotopic (exact) mass is 249 g/mol. The maximum absolute atomic E-state index is 4.39. The molecule has 0 unspecified atom stereocenters. The number of hydrogen-bond acceptors (Lipinski definition) is 3. The molecule has 1 aromatic heterocycles. The van der Waals surface area contributed by atoms with Crippen molar-refractivity contribution in [3.63, 3.8) is 0 Å². The minimum absolute atomic E-state index is 0.807. The van der Waals surface area contributed by atoms with Crippen LogP contribution in [0.25, 0.3) is 0 Å². The van der Waals surface area contributed by atoms with E-state index in [0.29, 0.717) is 0 Å². The molecule has 1 saturated heterocycles. The molecule has 0 amide bonds. The zero-order valence-electron chi connectivity index (χ0n) is 12.5. The highest BCUT2D eigenvalue weighted by Crippen LogP contribution is 2.25. The minimum Gasteiger partial charge on any atom is -0.341 e. The lowest BCUT2D eigenvalue weighted by Crippen LogP contribution is -2.36. The molecule has 0 N–H and O–H groups in total. The summed E-state index contributed by atoms with van der Waals surface area (Å²) in [7, 11) is 0. The predicted octanol–water partition coefficient (Wildman–Crippen LogP) is 3.68. The summed E-state index contributed by atoms with van der Waals surface area (Å²) < 4.78 is 0. The topological polar surface area (TPSA) is 29.0 Å². The highest BCUT2D eigenvalue weighted by atomic mass is 15.2. The van der Waals surface area contributed by atoms with Gasteiger partial charge in [0.1, 0.15) is 0 Å². The highest BCUT2D eigenvalue weighted by Gasteiger charge is 2.22. The normalized spacial score (nSPS) is 16.4. The van der Waals surface area contributed by atoms with E-state index in [-0.39, 0.29) is 0 Å². The second kappa shape index (κ2) is 7.34. The van der Waals surface area contributed by atoms with Gasteiger partial charge in [-0.3, -0.25) is 0 Å². The predicted molar refractivity (Wildman–Crippen MR) is 77.9 cm³/mol. The smallest absolute Gasteiger partial charge is 0.225 e. The van der Waals surface area contributed by atoms with Gasteiger partial charge in [-0.25, -0.2) is 9.97 Å². The number of aromatic nitrogens is 2. The van der Waals surface area contributed by atoms with Gasteiger partial charge in [0.15, 0.2) is 0 Å². The first-order valence-corrected chi connectivity index (χ1v) is 7.20. The maximum Gasteiger partial charge on any atom is 0.225 e. The zero-order chi connectivity index (χ0) is 13.5. The lowest BCUT2D eigenvalue weighted by atomic mass is 9.87. The van der Waals surface area contributed by atoms with Crippen LogP contribution in [0.2, 0.25) is 0 Å². The lowest BCUT2D eigenvalue weighted by Gasteiger charge is -2.33. The maximum atomic E-state index is 4.39. The van der Waals surface area contributed by atoms with Crippen molar-refractivity contribution in [1.29, 1.82) is 0 Å². The number of anilines is 1. The molecule has 2 rings (SSSR count). The average molecular weight is 249 g/mol. The molecule has 18 heavy (non-hydrogen) atoms. The fourth-order valence-electron chi connectivity index (χ4n) is 2.32. The van der Waals surface area contributed by atoms with Gasteiger partial charge in [0.05, 0.1) is 0 Å². The number of aryl methyl sites for hydroxylation is 1. The van der Waals surface area contributed by atoms with Crippen molar-refractivity contribution in [2.45, 2.75) is 47.5 Å². The minimum atomic E-state index is 0.807. The first kappa shape index (κ1) is 14.9. The third-order valence-corrected chi connectivity index (χ3v) is 3.53. The standard InChI is InChI=1S/C13H21N3.C2H6/c1-10(2)12-4-6-16(7-5-12)13-14-8-11(3)9-15-13;1-2/h8-10,12H,4-7H2,1-3H3;1-2H3. The van der Waals surface area contributed by atoms with E-state index < -0.39 is 0 Å². The van der Waals surface area contributed by atoms with Gasteiger partial charge in [-0.05, 0) is 37.2 Å². The summed E-state index contributed by atoms with van der Waals surface area (Å²) in [6.45, 7) is 12.9. The first-order chi connectivity index (χ1) is 8.66. The SMILES string of the molecule is CC.Cc1cnc(N2CCC(C(C)C)CC2)nc1. The van der Waals surface area contributed by atoms with Crippen LogP contribution in [0.4, 0.5) is 5.95 Å². The summed E-state index contributed by atoms with van der Waals surface area (Å²) in [6.07, 6.45) is 6.34. The van der Waals surface area contributed by atoms with E-state index in [1.165, 1.54) is 12.8 Å². The summed E-state index contributed by atoms with van der Waals surface area (Å²) in [5.74, 6) is 2.58. The van der Waals surface area contributed by atoms with Gasteiger partial charge < -0.3 is 4.90 Å². The van der Waals surface area contributed by atoms with E-state index in [0.717, 1.165) is 36.4 Å². The molecule has 102 valence electrons. The Morgan fingerprint density at radius 1 is 1.11 bits per heavy atom. The summed E-state index contributed by atoms with van der Waals surface area (Å²) in [5.41, 5.74) is 1.13. The molecule has 1 fully saturated rings. The number of nitrogens with zero attached hydrogens (tertiary/aromatic N) is 3. The quantitative estimate of drug-likeness (QED) is 0.800. The Hall–Kier alpha value is -1.12. The van der Waals surface area contributed by atoms with E-state index in [1.807, 2.05) is 33.2 Å². The molecule has 1 aliphatic heterocycles. The zero-order valence-corrected chi connectivity index (χ0v) is 12.5. The second-order valence-electron chi connectivity index (χ2n) is 5.13. The van der Waals surface area contributed by atoms with Gasteiger partial charge in [-0.1, -0.05) is 27.7 Å². The van der Waals surface area contributed by atoms with Crippen LogP contribution in [0.5, 0.6) is 0 Å². The van der Waals surface area contributed by atoms with Crippen molar-refractivity contribution in [2.75, 3.05) is 18.0 Å². The Labute approximate surface area is 112 Å². The van der Waals surface area contributed by atoms with Crippen molar-refractivity contribution in [1.82, 2.24) is 9.97 Å². The van der Waals surface area contributed by atoms with Crippen LogP contribution in [-0.4, -0.2) is 23.1 Å². The molecular formula is C15H27N3. The summed E-state index contributed by atoms with van der Waals surface area (Å²) >= 11 is 0. The summed E-state index contributed by atoms with van der Waals surface area (Å²) in [6, 6.07) is 0. The molecule has 3 heteroatoms. The molecule has 0 bridgehead atoms. The Balaban J connectivity index is 0.000000771. The molecule has 0 aromatic carbocycles. The Morgan fingerprint density at radius 2 is 1.61 bits per heavy atom. The number of hydrogen-bond donors (Lipinski definition) is 0. The third kappa shape index (κ3) is 3.97. The van der Waals surface area contributed by atoms with Crippen LogP contribution in [0.1, 0.15) is 46.1 Å². The number of piperidine rings is 1. The van der Waals surface area contributed by atoms with Crippen molar-refractivity contribution < 1.29 is 0 Å². The Morgan fingerprint density at radius 3 is 2.06 bits per heavy atom. The third-order valence-electron chi connectivity index (χ3n) is 3.53. The molecular weight excluding hydrogens is 222 g/mol. The fraction of sp³-hybridized carbons (Fsp3) is 0.733. The van der Waals surface area contributed by atoms with E-state index in [1.54, 1.807) is 0 Å². The van der Waals surface area contributed by atoms with E-state index in [4.69, 9.17) is 0 Å². The second-order valence-corrected chi connectivity index (χ2v) is 5.13. The summed E-state index contributed by atoms with van der Waals surface area (Å²) in [4.78, 5) is 11.1. The molecule has 1 aromatic rings. The van der Waals surface area contributed by atoms with Gasteiger partial charge in [0, 0.05) is 25.5 Å². The van der Waals surface area contributed by atoms with Crippen molar-refractivity contribution in [3.05, 3.63) is 18.0 Å². The van der Waals surface area contributed by atoms with Crippen LogP contribution in [0.15, 0.2) is 12.4 Å². The van der Waals surface area contributed by atoms with Crippen molar-refractivity contribution in [2.24, 2.45) is 11.8 Å². The van der Waals surface area contributed by atoms with Crippen molar-refractivity contribution in [3.8, 4) is 0 Å². The van der Waals surface area contributed by atoms with Crippen LogP contribution in [0, 0.1) is 18.8 Å². The molecule has 1 aliphatic rings. The molecule has 0 spiro atoms. The molecule has 0 aliphatic carbocycles. The average Bonchev–Trinajstić information content (AvgIpc) is 2.42. The van der Waals surface area contributed by atoms with Gasteiger partial charge in [-0.2, -0.15) is 0 Å². The molecule has 0 atom stereocenters.